The molecule has 2 nitrogen and oxygen atoms in total. The summed E-state index contributed by atoms with van der Waals surface area (Å²) >= 11 is 0. The van der Waals surface area contributed by atoms with Gasteiger partial charge in [0.2, 0.25) is 0 Å². The average Bonchev–Trinajstić information content (AvgIpc) is 2.57. The normalized spacial score (nSPS) is 11.8. The van der Waals surface area contributed by atoms with Gasteiger partial charge in [-0.2, -0.15) is 0 Å². The zero-order valence-electron chi connectivity index (χ0n) is 17.3. The Balaban J connectivity index is 3.68. The molecule has 0 rings (SSSR count). The highest BCUT2D eigenvalue weighted by molar-refractivity contribution is 4.61. The third kappa shape index (κ3) is 18.3. The topological polar surface area (TPSA) is 18.5 Å². The van der Waals surface area contributed by atoms with Crippen molar-refractivity contribution in [2.45, 2.75) is 105 Å². The maximum Gasteiger partial charge on any atom is 0.0468 e. The minimum Gasteiger partial charge on any atom is -0.381 e. The quantitative estimate of drug-likeness (QED) is 0.235. The van der Waals surface area contributed by atoms with Gasteiger partial charge >= 0.3 is 0 Å². The molecule has 0 aliphatic carbocycles. The van der Waals surface area contributed by atoms with Crippen molar-refractivity contribution in [3.05, 3.63) is 0 Å². The van der Waals surface area contributed by atoms with Crippen LogP contribution in [0, 0.1) is 11.8 Å². The third-order valence-corrected chi connectivity index (χ3v) is 4.78. The van der Waals surface area contributed by atoms with Crippen LogP contribution < -0.4 is 0 Å². The summed E-state index contributed by atoms with van der Waals surface area (Å²) in [5, 5.41) is 0. The van der Waals surface area contributed by atoms with Gasteiger partial charge in [0.25, 0.3) is 0 Å². The molecule has 0 heterocycles. The second kappa shape index (κ2) is 19.2. The van der Waals surface area contributed by atoms with Crippen molar-refractivity contribution in [2.75, 3.05) is 26.4 Å². The van der Waals surface area contributed by atoms with Gasteiger partial charge in [-0.3, -0.25) is 0 Å². The molecule has 0 fully saturated rings. The van der Waals surface area contributed by atoms with Gasteiger partial charge in [0, 0.05) is 26.4 Å². The fourth-order valence-electron chi connectivity index (χ4n) is 2.97. The van der Waals surface area contributed by atoms with Crippen molar-refractivity contribution in [1.82, 2.24) is 0 Å². The van der Waals surface area contributed by atoms with Crippen molar-refractivity contribution in [2.24, 2.45) is 11.8 Å². The smallest absolute Gasteiger partial charge is 0.0468 e. The molecule has 0 saturated heterocycles. The van der Waals surface area contributed by atoms with Crippen LogP contribution in [0.1, 0.15) is 105 Å². The lowest BCUT2D eigenvalue weighted by Gasteiger charge is -2.18. The van der Waals surface area contributed by atoms with E-state index in [-0.39, 0.29) is 0 Å². The Hall–Kier alpha value is -0.0800. The SMILES string of the molecule is CCCCCCOCCC(CCOCCCCCC)CCC(C)C. The molecule has 0 saturated carbocycles. The standard InChI is InChI=1S/C22H46O2/c1-5-7-9-11-17-23-19-15-22(14-13-21(3)4)16-20-24-18-12-10-8-6-2/h21-22H,5-20H2,1-4H3. The highest BCUT2D eigenvalue weighted by Crippen LogP contribution is 2.19. The number of unbranched alkanes of at least 4 members (excludes halogenated alkanes) is 6. The molecule has 0 amide bonds. The maximum atomic E-state index is 5.85. The van der Waals surface area contributed by atoms with Crippen LogP contribution in [0.5, 0.6) is 0 Å². The second-order valence-corrected chi connectivity index (χ2v) is 7.76. The molecule has 146 valence electrons. The predicted octanol–water partition coefficient (Wildman–Crippen LogP) is 7.01. The first-order valence-corrected chi connectivity index (χ1v) is 10.9. The van der Waals surface area contributed by atoms with E-state index in [0.29, 0.717) is 0 Å². The van der Waals surface area contributed by atoms with Gasteiger partial charge in [-0.15, -0.1) is 0 Å². The van der Waals surface area contributed by atoms with Crippen LogP contribution in [0.4, 0.5) is 0 Å². The molecule has 0 radical (unpaired) electrons. The zero-order chi connectivity index (χ0) is 17.9. The first-order valence-electron chi connectivity index (χ1n) is 10.9. The molecular weight excluding hydrogens is 296 g/mol. The molecule has 0 aromatic carbocycles. The van der Waals surface area contributed by atoms with E-state index in [2.05, 4.69) is 27.7 Å². The fourth-order valence-corrected chi connectivity index (χ4v) is 2.97. The monoisotopic (exact) mass is 342 g/mol. The van der Waals surface area contributed by atoms with E-state index < -0.39 is 0 Å². The van der Waals surface area contributed by atoms with Crippen molar-refractivity contribution in [3.8, 4) is 0 Å². The number of rotatable bonds is 19. The maximum absolute atomic E-state index is 5.85. The van der Waals surface area contributed by atoms with Crippen LogP contribution in [-0.2, 0) is 9.47 Å². The Bertz CT molecular complexity index is 210. The lowest BCUT2D eigenvalue weighted by molar-refractivity contribution is 0.0900. The van der Waals surface area contributed by atoms with E-state index >= 15 is 0 Å². The number of hydrogen-bond donors (Lipinski definition) is 0. The van der Waals surface area contributed by atoms with Crippen LogP contribution in [0.25, 0.3) is 0 Å². The van der Waals surface area contributed by atoms with Crippen molar-refractivity contribution >= 4 is 0 Å². The van der Waals surface area contributed by atoms with E-state index in [9.17, 15) is 0 Å². The van der Waals surface area contributed by atoms with Crippen LogP contribution >= 0.6 is 0 Å². The Labute approximate surface area is 153 Å². The summed E-state index contributed by atoms with van der Waals surface area (Å²) in [6.07, 6.45) is 15.5. The van der Waals surface area contributed by atoms with Gasteiger partial charge in [-0.05, 0) is 37.5 Å². The molecule has 0 N–H and O–H groups in total. The molecular formula is C22H46O2. The molecule has 2 heteroatoms. The summed E-state index contributed by atoms with van der Waals surface area (Å²) in [4.78, 5) is 0. The van der Waals surface area contributed by atoms with E-state index in [4.69, 9.17) is 9.47 Å². The molecule has 0 aromatic rings. The molecule has 0 spiro atoms. The van der Waals surface area contributed by atoms with Crippen LogP contribution in [0.15, 0.2) is 0 Å². The Morgan fingerprint density at radius 3 is 1.46 bits per heavy atom. The molecule has 0 aromatic heterocycles. The van der Waals surface area contributed by atoms with Gasteiger partial charge in [-0.25, -0.2) is 0 Å². The zero-order valence-corrected chi connectivity index (χ0v) is 17.3. The third-order valence-electron chi connectivity index (χ3n) is 4.78. The molecule has 0 bridgehead atoms. The Kier molecular flexibility index (Phi) is 19.2. The van der Waals surface area contributed by atoms with Gasteiger partial charge in [0.15, 0.2) is 0 Å². The van der Waals surface area contributed by atoms with E-state index in [0.717, 1.165) is 38.3 Å². The summed E-state index contributed by atoms with van der Waals surface area (Å²) in [7, 11) is 0. The van der Waals surface area contributed by atoms with Crippen molar-refractivity contribution in [1.29, 1.82) is 0 Å². The van der Waals surface area contributed by atoms with Gasteiger partial charge in [0.1, 0.15) is 0 Å². The Morgan fingerprint density at radius 2 is 1.04 bits per heavy atom. The lowest BCUT2D eigenvalue weighted by Crippen LogP contribution is -2.11. The van der Waals surface area contributed by atoms with Crippen LogP contribution in [-0.4, -0.2) is 26.4 Å². The summed E-state index contributed by atoms with van der Waals surface area (Å²) in [6, 6.07) is 0. The fraction of sp³-hybridized carbons (Fsp3) is 1.00. The predicted molar refractivity (Wildman–Crippen MR) is 107 cm³/mol. The minimum atomic E-state index is 0.777. The largest absolute Gasteiger partial charge is 0.381 e. The van der Waals surface area contributed by atoms with E-state index in [1.807, 2.05) is 0 Å². The first kappa shape index (κ1) is 23.9. The number of hydrogen-bond acceptors (Lipinski definition) is 2. The van der Waals surface area contributed by atoms with E-state index in [1.165, 1.54) is 77.0 Å². The summed E-state index contributed by atoms with van der Waals surface area (Å²) < 4.78 is 11.7. The highest BCUT2D eigenvalue weighted by atomic mass is 16.5. The molecule has 0 aliphatic heterocycles. The molecule has 0 unspecified atom stereocenters. The summed E-state index contributed by atoms with van der Waals surface area (Å²) in [5.74, 6) is 1.58. The lowest BCUT2D eigenvalue weighted by atomic mass is 9.93. The van der Waals surface area contributed by atoms with Gasteiger partial charge < -0.3 is 9.47 Å². The number of ether oxygens (including phenoxy) is 2. The molecule has 24 heavy (non-hydrogen) atoms. The first-order chi connectivity index (χ1) is 11.7. The van der Waals surface area contributed by atoms with Crippen LogP contribution in [0.3, 0.4) is 0 Å². The van der Waals surface area contributed by atoms with Gasteiger partial charge in [0.05, 0.1) is 0 Å². The summed E-state index contributed by atoms with van der Waals surface area (Å²) in [5.41, 5.74) is 0. The second-order valence-electron chi connectivity index (χ2n) is 7.76. The van der Waals surface area contributed by atoms with Gasteiger partial charge in [-0.1, -0.05) is 79.1 Å². The van der Waals surface area contributed by atoms with Crippen LogP contribution in [0.2, 0.25) is 0 Å². The molecule has 0 atom stereocenters. The Morgan fingerprint density at radius 1 is 0.542 bits per heavy atom. The van der Waals surface area contributed by atoms with Crippen molar-refractivity contribution < 1.29 is 9.47 Å². The van der Waals surface area contributed by atoms with Crippen molar-refractivity contribution in [3.63, 3.8) is 0 Å². The highest BCUT2D eigenvalue weighted by Gasteiger charge is 2.10. The summed E-state index contributed by atoms with van der Waals surface area (Å²) in [6.45, 7) is 12.9. The molecule has 0 aliphatic rings. The average molecular weight is 343 g/mol. The minimum absolute atomic E-state index is 0.777. The van der Waals surface area contributed by atoms with E-state index in [1.54, 1.807) is 0 Å².